The molecule has 7 heteroatoms. The SMILES string of the molecule is Cc1ccc(C(=O)OCC(=O)NC2CCCCCCC2)cc1NC(=O)c1ccco1. The third kappa shape index (κ3) is 6.20. The van der Waals surface area contributed by atoms with E-state index in [-0.39, 0.29) is 29.9 Å². The third-order valence-electron chi connectivity index (χ3n) is 5.27. The molecule has 0 atom stereocenters. The Labute approximate surface area is 176 Å². The van der Waals surface area contributed by atoms with Crippen LogP contribution in [0.25, 0.3) is 0 Å². The lowest BCUT2D eigenvalue weighted by atomic mass is 9.97. The molecule has 0 spiro atoms. The summed E-state index contributed by atoms with van der Waals surface area (Å²) in [5.74, 6) is -1.14. The molecule has 160 valence electrons. The van der Waals surface area contributed by atoms with Crippen molar-refractivity contribution in [3.63, 3.8) is 0 Å². The molecule has 0 radical (unpaired) electrons. The van der Waals surface area contributed by atoms with Gasteiger partial charge in [0.25, 0.3) is 11.8 Å². The molecule has 0 bridgehead atoms. The monoisotopic (exact) mass is 412 g/mol. The molecule has 7 nitrogen and oxygen atoms in total. The van der Waals surface area contributed by atoms with Crippen molar-refractivity contribution >= 4 is 23.5 Å². The second-order valence-electron chi connectivity index (χ2n) is 7.65. The molecular weight excluding hydrogens is 384 g/mol. The van der Waals surface area contributed by atoms with Crippen molar-refractivity contribution in [2.24, 2.45) is 0 Å². The number of nitrogens with one attached hydrogen (secondary N) is 2. The van der Waals surface area contributed by atoms with Gasteiger partial charge in [-0.3, -0.25) is 9.59 Å². The van der Waals surface area contributed by atoms with E-state index in [4.69, 9.17) is 9.15 Å². The minimum Gasteiger partial charge on any atom is -0.459 e. The van der Waals surface area contributed by atoms with Crippen LogP contribution < -0.4 is 10.6 Å². The van der Waals surface area contributed by atoms with Crippen molar-refractivity contribution in [2.75, 3.05) is 11.9 Å². The Bertz CT molecular complexity index is 868. The maximum absolute atomic E-state index is 12.4. The van der Waals surface area contributed by atoms with E-state index in [0.29, 0.717) is 5.69 Å². The van der Waals surface area contributed by atoms with Crippen molar-refractivity contribution in [3.8, 4) is 0 Å². The van der Waals surface area contributed by atoms with Gasteiger partial charge in [-0.15, -0.1) is 0 Å². The van der Waals surface area contributed by atoms with Crippen LogP contribution in [0.3, 0.4) is 0 Å². The summed E-state index contributed by atoms with van der Waals surface area (Å²) in [6.45, 7) is 1.49. The molecule has 2 N–H and O–H groups in total. The first kappa shape index (κ1) is 21.6. The van der Waals surface area contributed by atoms with E-state index in [9.17, 15) is 14.4 Å². The van der Waals surface area contributed by atoms with E-state index in [1.165, 1.54) is 31.6 Å². The molecule has 1 aromatic heterocycles. The summed E-state index contributed by atoms with van der Waals surface area (Å²) >= 11 is 0. The highest BCUT2D eigenvalue weighted by molar-refractivity contribution is 6.03. The zero-order valence-electron chi connectivity index (χ0n) is 17.2. The van der Waals surface area contributed by atoms with Crippen LogP contribution in [-0.2, 0) is 9.53 Å². The van der Waals surface area contributed by atoms with E-state index < -0.39 is 11.9 Å². The summed E-state index contributed by atoms with van der Waals surface area (Å²) in [5, 5.41) is 5.69. The van der Waals surface area contributed by atoms with Crippen LogP contribution in [0.1, 0.15) is 71.4 Å². The Morgan fingerprint density at radius 2 is 1.80 bits per heavy atom. The zero-order valence-corrected chi connectivity index (χ0v) is 17.2. The smallest absolute Gasteiger partial charge is 0.338 e. The number of hydrogen-bond donors (Lipinski definition) is 2. The average Bonchev–Trinajstić information content (AvgIpc) is 3.25. The minimum absolute atomic E-state index is 0.152. The normalized spacial score (nSPS) is 15.0. The number of carbonyl (C=O) groups is 3. The van der Waals surface area contributed by atoms with Crippen molar-refractivity contribution in [1.29, 1.82) is 0 Å². The van der Waals surface area contributed by atoms with Gasteiger partial charge in [0.2, 0.25) is 0 Å². The summed E-state index contributed by atoms with van der Waals surface area (Å²) in [4.78, 5) is 36.8. The molecule has 1 aliphatic rings. The summed E-state index contributed by atoms with van der Waals surface area (Å²) in [5.41, 5.74) is 1.52. The summed E-state index contributed by atoms with van der Waals surface area (Å²) in [6, 6.07) is 8.18. The number of esters is 1. The molecule has 1 saturated carbocycles. The Hall–Kier alpha value is -3.09. The standard InChI is InChI=1S/C23H28N2O5/c1-16-11-12-17(14-19(16)25-22(27)20-10-7-13-29-20)23(28)30-15-21(26)24-18-8-5-3-2-4-6-9-18/h7,10-14,18H,2-6,8-9,15H2,1H3,(H,24,26)(H,25,27). The Morgan fingerprint density at radius 3 is 2.50 bits per heavy atom. The second-order valence-corrected chi connectivity index (χ2v) is 7.65. The van der Waals surface area contributed by atoms with Gasteiger partial charge in [0.15, 0.2) is 12.4 Å². The van der Waals surface area contributed by atoms with Crippen LogP contribution in [0.5, 0.6) is 0 Å². The van der Waals surface area contributed by atoms with Crippen LogP contribution >= 0.6 is 0 Å². The molecule has 2 amide bonds. The molecule has 0 unspecified atom stereocenters. The Balaban J connectivity index is 1.53. The highest BCUT2D eigenvalue weighted by Crippen LogP contribution is 2.19. The number of aryl methyl sites for hydroxylation is 1. The Kier molecular flexibility index (Phi) is 7.65. The molecule has 1 aliphatic carbocycles. The van der Waals surface area contributed by atoms with Gasteiger partial charge in [0.1, 0.15) is 0 Å². The number of hydrogen-bond acceptors (Lipinski definition) is 5. The lowest BCUT2D eigenvalue weighted by molar-refractivity contribution is -0.125. The Morgan fingerprint density at radius 1 is 1.07 bits per heavy atom. The van der Waals surface area contributed by atoms with Gasteiger partial charge in [-0.05, 0) is 49.6 Å². The topological polar surface area (TPSA) is 97.6 Å². The van der Waals surface area contributed by atoms with Crippen molar-refractivity contribution < 1.29 is 23.5 Å². The fraction of sp³-hybridized carbons (Fsp3) is 0.435. The van der Waals surface area contributed by atoms with E-state index in [2.05, 4.69) is 10.6 Å². The van der Waals surface area contributed by atoms with Gasteiger partial charge in [0.05, 0.1) is 11.8 Å². The number of furan rings is 1. The lowest BCUT2D eigenvalue weighted by Gasteiger charge is -2.20. The first-order chi connectivity index (χ1) is 14.5. The molecule has 1 heterocycles. The maximum atomic E-state index is 12.4. The van der Waals surface area contributed by atoms with Gasteiger partial charge in [-0.2, -0.15) is 0 Å². The van der Waals surface area contributed by atoms with Gasteiger partial charge >= 0.3 is 5.97 Å². The van der Waals surface area contributed by atoms with E-state index in [1.807, 2.05) is 6.92 Å². The van der Waals surface area contributed by atoms with Gasteiger partial charge in [0, 0.05) is 11.7 Å². The van der Waals surface area contributed by atoms with Crippen molar-refractivity contribution in [3.05, 3.63) is 53.5 Å². The van der Waals surface area contributed by atoms with Crippen LogP contribution in [-0.4, -0.2) is 30.4 Å². The predicted molar refractivity (Wildman–Crippen MR) is 112 cm³/mol. The first-order valence-corrected chi connectivity index (χ1v) is 10.4. The van der Waals surface area contributed by atoms with Crippen LogP contribution in [0.4, 0.5) is 5.69 Å². The third-order valence-corrected chi connectivity index (χ3v) is 5.27. The highest BCUT2D eigenvalue weighted by atomic mass is 16.5. The van der Waals surface area contributed by atoms with Gasteiger partial charge < -0.3 is 19.8 Å². The molecule has 1 fully saturated rings. The average molecular weight is 412 g/mol. The van der Waals surface area contributed by atoms with Gasteiger partial charge in [-0.25, -0.2) is 4.79 Å². The molecule has 3 rings (SSSR count). The first-order valence-electron chi connectivity index (χ1n) is 10.4. The molecule has 0 aliphatic heterocycles. The predicted octanol–water partition coefficient (Wildman–Crippen LogP) is 4.23. The van der Waals surface area contributed by atoms with Gasteiger partial charge in [-0.1, -0.05) is 38.2 Å². The van der Waals surface area contributed by atoms with Crippen LogP contribution in [0.2, 0.25) is 0 Å². The number of rotatable bonds is 6. The van der Waals surface area contributed by atoms with Crippen LogP contribution in [0.15, 0.2) is 41.0 Å². The fourth-order valence-electron chi connectivity index (χ4n) is 3.56. The quantitative estimate of drug-likeness (QED) is 0.692. The second kappa shape index (κ2) is 10.6. The minimum atomic E-state index is -0.615. The number of amides is 2. The summed E-state index contributed by atoms with van der Waals surface area (Å²) in [7, 11) is 0. The number of carbonyl (C=O) groups excluding carboxylic acids is 3. The van der Waals surface area contributed by atoms with Crippen molar-refractivity contribution in [2.45, 2.75) is 57.9 Å². The molecule has 30 heavy (non-hydrogen) atoms. The molecule has 2 aromatic rings. The van der Waals surface area contributed by atoms with E-state index in [1.54, 1.807) is 24.3 Å². The lowest BCUT2D eigenvalue weighted by Crippen LogP contribution is -2.38. The largest absolute Gasteiger partial charge is 0.459 e. The van der Waals surface area contributed by atoms with E-state index in [0.717, 1.165) is 31.2 Å². The summed E-state index contributed by atoms with van der Waals surface area (Å²) in [6.07, 6.45) is 9.24. The number of benzene rings is 1. The fourth-order valence-corrected chi connectivity index (χ4v) is 3.56. The van der Waals surface area contributed by atoms with Crippen LogP contribution in [0, 0.1) is 6.92 Å². The van der Waals surface area contributed by atoms with E-state index >= 15 is 0 Å². The number of ether oxygens (including phenoxy) is 1. The highest BCUT2D eigenvalue weighted by Gasteiger charge is 2.17. The molecule has 1 aromatic carbocycles. The molecular formula is C23H28N2O5. The number of anilines is 1. The van der Waals surface area contributed by atoms with Crippen molar-refractivity contribution in [1.82, 2.24) is 5.32 Å². The maximum Gasteiger partial charge on any atom is 0.338 e. The zero-order chi connectivity index (χ0) is 21.3. The molecule has 0 saturated heterocycles. The summed E-state index contributed by atoms with van der Waals surface area (Å²) < 4.78 is 10.3.